The SMILES string of the molecule is CCCn1cc(C(=O)N2CCN(C3CCN(C)CC3)CC2)c2cccnc21. The van der Waals surface area contributed by atoms with Crippen molar-refractivity contribution >= 4 is 16.9 Å². The molecule has 27 heavy (non-hydrogen) atoms. The first kappa shape index (κ1) is 18.4. The van der Waals surface area contributed by atoms with E-state index < -0.39 is 0 Å². The van der Waals surface area contributed by atoms with Crippen LogP contribution in [0.3, 0.4) is 0 Å². The molecule has 0 bridgehead atoms. The third kappa shape index (κ3) is 3.73. The van der Waals surface area contributed by atoms with Gasteiger partial charge in [-0.15, -0.1) is 0 Å². The molecule has 0 aliphatic carbocycles. The Hall–Kier alpha value is -1.92. The summed E-state index contributed by atoms with van der Waals surface area (Å²) >= 11 is 0. The number of aryl methyl sites for hydroxylation is 1. The predicted octanol–water partition coefficient (Wildman–Crippen LogP) is 2.30. The number of piperazine rings is 1. The van der Waals surface area contributed by atoms with Gasteiger partial charge in [0, 0.05) is 56.5 Å². The number of hydrogen-bond acceptors (Lipinski definition) is 4. The normalized spacial score (nSPS) is 20.4. The second kappa shape index (κ2) is 7.98. The number of amides is 1. The maximum absolute atomic E-state index is 13.2. The van der Waals surface area contributed by atoms with Gasteiger partial charge in [-0.25, -0.2) is 4.98 Å². The van der Waals surface area contributed by atoms with E-state index in [-0.39, 0.29) is 5.91 Å². The highest BCUT2D eigenvalue weighted by Crippen LogP contribution is 2.23. The molecule has 6 heteroatoms. The lowest BCUT2D eigenvalue weighted by molar-refractivity contribution is 0.0476. The van der Waals surface area contributed by atoms with Crippen molar-refractivity contribution in [1.82, 2.24) is 24.3 Å². The molecule has 1 amide bonds. The topological polar surface area (TPSA) is 44.6 Å². The van der Waals surface area contributed by atoms with Crippen molar-refractivity contribution in [3.8, 4) is 0 Å². The summed E-state index contributed by atoms with van der Waals surface area (Å²) in [5, 5.41) is 0.980. The van der Waals surface area contributed by atoms with Gasteiger partial charge in [0.05, 0.1) is 5.56 Å². The molecule has 0 radical (unpaired) electrons. The van der Waals surface area contributed by atoms with Crippen LogP contribution in [0.1, 0.15) is 36.5 Å². The Morgan fingerprint density at radius 2 is 1.89 bits per heavy atom. The summed E-state index contributed by atoms with van der Waals surface area (Å²) < 4.78 is 2.12. The van der Waals surface area contributed by atoms with Crippen molar-refractivity contribution in [3.05, 3.63) is 30.1 Å². The molecule has 146 valence electrons. The van der Waals surface area contributed by atoms with Crippen molar-refractivity contribution in [2.75, 3.05) is 46.3 Å². The largest absolute Gasteiger partial charge is 0.336 e. The first-order chi connectivity index (χ1) is 13.2. The quantitative estimate of drug-likeness (QED) is 0.830. The van der Waals surface area contributed by atoms with Gasteiger partial charge < -0.3 is 14.4 Å². The highest BCUT2D eigenvalue weighted by atomic mass is 16.2. The van der Waals surface area contributed by atoms with Crippen LogP contribution in [0.25, 0.3) is 11.0 Å². The molecule has 0 atom stereocenters. The number of rotatable bonds is 4. The monoisotopic (exact) mass is 369 g/mol. The van der Waals surface area contributed by atoms with Crippen LogP contribution < -0.4 is 0 Å². The van der Waals surface area contributed by atoms with E-state index in [1.54, 1.807) is 0 Å². The van der Waals surface area contributed by atoms with Crippen molar-refractivity contribution in [2.45, 2.75) is 38.8 Å². The van der Waals surface area contributed by atoms with E-state index in [1.807, 2.05) is 29.4 Å². The summed E-state index contributed by atoms with van der Waals surface area (Å²) in [5.74, 6) is 0.158. The molecule has 2 aliphatic rings. The molecule has 4 heterocycles. The van der Waals surface area contributed by atoms with Crippen LogP contribution in [0.4, 0.5) is 0 Å². The second-order valence-corrected chi connectivity index (χ2v) is 7.97. The molecular weight excluding hydrogens is 338 g/mol. The number of piperidine rings is 1. The summed E-state index contributed by atoms with van der Waals surface area (Å²) in [6.07, 6.45) is 7.35. The van der Waals surface area contributed by atoms with E-state index in [1.165, 1.54) is 25.9 Å². The number of hydrogen-bond donors (Lipinski definition) is 0. The summed E-state index contributed by atoms with van der Waals surface area (Å²) in [6.45, 7) is 9.06. The third-order valence-electron chi connectivity index (χ3n) is 6.13. The highest BCUT2D eigenvalue weighted by Gasteiger charge is 2.29. The van der Waals surface area contributed by atoms with E-state index in [9.17, 15) is 4.79 Å². The molecule has 2 aromatic rings. The molecule has 6 nitrogen and oxygen atoms in total. The number of aromatic nitrogens is 2. The molecule has 2 aliphatic heterocycles. The lowest BCUT2D eigenvalue weighted by atomic mass is 10.0. The Labute approximate surface area is 161 Å². The van der Waals surface area contributed by atoms with Gasteiger partial charge in [-0.3, -0.25) is 9.69 Å². The van der Waals surface area contributed by atoms with Crippen LogP contribution >= 0.6 is 0 Å². The molecule has 2 fully saturated rings. The van der Waals surface area contributed by atoms with Crippen molar-refractivity contribution < 1.29 is 4.79 Å². The Morgan fingerprint density at radius 3 is 2.59 bits per heavy atom. The van der Waals surface area contributed by atoms with Crippen LogP contribution in [0.5, 0.6) is 0 Å². The van der Waals surface area contributed by atoms with Gasteiger partial charge >= 0.3 is 0 Å². The number of likely N-dealkylation sites (tertiary alicyclic amines) is 1. The minimum absolute atomic E-state index is 0.158. The van der Waals surface area contributed by atoms with Crippen LogP contribution in [-0.2, 0) is 6.54 Å². The molecular formula is C21H31N5O. The lowest BCUT2D eigenvalue weighted by Gasteiger charge is -2.42. The van der Waals surface area contributed by atoms with Crippen molar-refractivity contribution in [2.24, 2.45) is 0 Å². The summed E-state index contributed by atoms with van der Waals surface area (Å²) in [7, 11) is 2.21. The number of nitrogens with zero attached hydrogens (tertiary/aromatic N) is 5. The van der Waals surface area contributed by atoms with Crippen LogP contribution in [0, 0.1) is 0 Å². The van der Waals surface area contributed by atoms with E-state index in [4.69, 9.17) is 0 Å². The predicted molar refractivity (Wildman–Crippen MR) is 108 cm³/mol. The zero-order chi connectivity index (χ0) is 18.8. The number of carbonyl (C=O) groups is 1. The summed E-state index contributed by atoms with van der Waals surface area (Å²) in [4.78, 5) is 24.8. The maximum atomic E-state index is 13.2. The van der Waals surface area contributed by atoms with Crippen molar-refractivity contribution in [3.63, 3.8) is 0 Å². The fourth-order valence-electron chi connectivity index (χ4n) is 4.52. The zero-order valence-corrected chi connectivity index (χ0v) is 16.6. The van der Waals surface area contributed by atoms with Crippen LogP contribution in [-0.4, -0.2) is 82.5 Å². The Balaban J connectivity index is 1.45. The molecule has 0 saturated carbocycles. The second-order valence-electron chi connectivity index (χ2n) is 7.97. The highest BCUT2D eigenvalue weighted by molar-refractivity contribution is 6.06. The number of pyridine rings is 1. The van der Waals surface area contributed by atoms with Gasteiger partial charge in [-0.2, -0.15) is 0 Å². The maximum Gasteiger partial charge on any atom is 0.256 e. The third-order valence-corrected chi connectivity index (χ3v) is 6.13. The van der Waals surface area contributed by atoms with Gasteiger partial charge in [0.15, 0.2) is 0 Å². The first-order valence-electron chi connectivity index (χ1n) is 10.3. The van der Waals surface area contributed by atoms with E-state index >= 15 is 0 Å². The average Bonchev–Trinajstić information content (AvgIpc) is 3.07. The van der Waals surface area contributed by atoms with Gasteiger partial charge in [-0.05, 0) is 51.5 Å². The summed E-state index contributed by atoms with van der Waals surface area (Å²) in [6, 6.07) is 4.64. The average molecular weight is 370 g/mol. The molecule has 0 N–H and O–H groups in total. The van der Waals surface area contributed by atoms with Crippen molar-refractivity contribution in [1.29, 1.82) is 0 Å². The van der Waals surface area contributed by atoms with Gasteiger partial charge in [-0.1, -0.05) is 6.92 Å². The van der Waals surface area contributed by atoms with E-state index in [0.717, 1.165) is 55.7 Å². The molecule has 2 aromatic heterocycles. The molecule has 2 saturated heterocycles. The molecule has 0 aromatic carbocycles. The minimum atomic E-state index is 0.158. The van der Waals surface area contributed by atoms with Crippen LogP contribution in [0.2, 0.25) is 0 Å². The smallest absolute Gasteiger partial charge is 0.256 e. The fourth-order valence-corrected chi connectivity index (χ4v) is 4.52. The van der Waals surface area contributed by atoms with E-state index in [0.29, 0.717) is 6.04 Å². The molecule has 4 rings (SSSR count). The standard InChI is InChI=1S/C21H31N5O/c1-3-9-26-16-19(18-5-4-8-22-20(18)26)21(27)25-14-12-24(13-15-25)17-6-10-23(2)11-7-17/h4-5,8,16-17H,3,6-7,9-15H2,1-2H3. The number of fused-ring (bicyclic) bond motifs is 1. The fraction of sp³-hybridized carbons (Fsp3) is 0.619. The van der Waals surface area contributed by atoms with E-state index in [2.05, 4.69) is 33.3 Å². The lowest BCUT2D eigenvalue weighted by Crippen LogP contribution is -2.54. The Kier molecular flexibility index (Phi) is 5.45. The van der Waals surface area contributed by atoms with Crippen LogP contribution in [0.15, 0.2) is 24.5 Å². The zero-order valence-electron chi connectivity index (χ0n) is 16.6. The Morgan fingerprint density at radius 1 is 1.15 bits per heavy atom. The minimum Gasteiger partial charge on any atom is -0.336 e. The van der Waals surface area contributed by atoms with Gasteiger partial charge in [0.1, 0.15) is 5.65 Å². The van der Waals surface area contributed by atoms with Gasteiger partial charge in [0.2, 0.25) is 0 Å². The number of carbonyl (C=O) groups excluding carboxylic acids is 1. The van der Waals surface area contributed by atoms with Gasteiger partial charge in [0.25, 0.3) is 5.91 Å². The Bertz CT molecular complexity index is 785. The molecule has 0 unspecified atom stereocenters. The first-order valence-corrected chi connectivity index (χ1v) is 10.3. The molecule has 0 spiro atoms. The summed E-state index contributed by atoms with van der Waals surface area (Å²) in [5.41, 5.74) is 1.73.